The molecule has 0 spiro atoms. The van der Waals surface area contributed by atoms with Crippen LogP contribution in [-0.2, 0) is 14.3 Å². The molecular formula is C18H36IN3O3. The second-order valence-electron chi connectivity index (χ2n) is 7.47. The number of esters is 1. The minimum absolute atomic E-state index is 0. The van der Waals surface area contributed by atoms with Gasteiger partial charge in [-0.1, -0.05) is 20.8 Å². The van der Waals surface area contributed by atoms with E-state index in [1.807, 2.05) is 0 Å². The topological polar surface area (TPSA) is 72.0 Å². The summed E-state index contributed by atoms with van der Waals surface area (Å²) in [7, 11) is 3.20. The molecule has 1 saturated heterocycles. The third-order valence-electron chi connectivity index (χ3n) is 4.38. The molecule has 0 aromatic carbocycles. The van der Waals surface area contributed by atoms with Crippen molar-refractivity contribution in [2.24, 2.45) is 16.3 Å². The Bertz CT molecular complexity index is 411. The summed E-state index contributed by atoms with van der Waals surface area (Å²) in [6, 6.07) is 0. The molecule has 0 saturated carbocycles. The third kappa shape index (κ3) is 9.63. The van der Waals surface area contributed by atoms with E-state index in [4.69, 9.17) is 4.74 Å². The number of aliphatic imine (C=N–C) groups is 1. The van der Waals surface area contributed by atoms with E-state index in [0.717, 1.165) is 44.9 Å². The van der Waals surface area contributed by atoms with Crippen molar-refractivity contribution in [3.63, 3.8) is 0 Å². The number of ether oxygens (including phenoxy) is 2. The Hall–Kier alpha value is -0.570. The number of nitrogens with one attached hydrogen (secondary N) is 2. The van der Waals surface area contributed by atoms with Crippen LogP contribution in [0.25, 0.3) is 0 Å². The van der Waals surface area contributed by atoms with Gasteiger partial charge in [-0.3, -0.25) is 9.79 Å². The smallest absolute Gasteiger partial charge is 0.305 e. The molecule has 0 bridgehead atoms. The lowest BCUT2D eigenvalue weighted by Gasteiger charge is -2.40. The van der Waals surface area contributed by atoms with Crippen molar-refractivity contribution in [2.45, 2.75) is 59.0 Å². The summed E-state index contributed by atoms with van der Waals surface area (Å²) in [6.45, 7) is 9.25. The second kappa shape index (κ2) is 12.7. The van der Waals surface area contributed by atoms with Gasteiger partial charge in [-0.25, -0.2) is 0 Å². The third-order valence-corrected chi connectivity index (χ3v) is 4.38. The average Bonchev–Trinajstić information content (AvgIpc) is 2.56. The first-order valence-electron chi connectivity index (χ1n) is 9.01. The Balaban J connectivity index is 0.00000576. The monoisotopic (exact) mass is 469 g/mol. The number of guanidine groups is 1. The Kier molecular flexibility index (Phi) is 12.4. The van der Waals surface area contributed by atoms with E-state index in [2.05, 4.69) is 41.1 Å². The highest BCUT2D eigenvalue weighted by Crippen LogP contribution is 2.33. The summed E-state index contributed by atoms with van der Waals surface area (Å²) in [6.07, 6.45) is 4.78. The standard InChI is InChI=1S/C18H35N3O3.HI/c1-18(2,3)16-14(9-8-12-24-16)13-21-17(19-4)20-11-7-6-10-15(22)23-5;/h14,16H,6-13H2,1-5H3,(H2,19,20,21);1H. The van der Waals surface area contributed by atoms with Crippen LogP contribution in [0.3, 0.4) is 0 Å². The summed E-state index contributed by atoms with van der Waals surface area (Å²) in [5, 5.41) is 6.72. The summed E-state index contributed by atoms with van der Waals surface area (Å²) in [5.74, 6) is 1.16. The molecule has 0 aromatic heterocycles. The van der Waals surface area contributed by atoms with Crippen LogP contribution >= 0.6 is 24.0 Å². The van der Waals surface area contributed by atoms with E-state index in [1.54, 1.807) is 7.05 Å². The Labute approximate surface area is 169 Å². The number of hydrogen-bond acceptors (Lipinski definition) is 4. The number of hydrogen-bond donors (Lipinski definition) is 2. The predicted octanol–water partition coefficient (Wildman–Crippen LogP) is 2.95. The molecule has 2 N–H and O–H groups in total. The van der Waals surface area contributed by atoms with E-state index in [-0.39, 0.29) is 41.5 Å². The number of carbonyl (C=O) groups excluding carboxylic acids is 1. The van der Waals surface area contributed by atoms with Gasteiger partial charge in [0.15, 0.2) is 5.96 Å². The molecule has 1 heterocycles. The first-order chi connectivity index (χ1) is 11.4. The molecule has 1 fully saturated rings. The van der Waals surface area contributed by atoms with Gasteiger partial charge in [0.1, 0.15) is 0 Å². The van der Waals surface area contributed by atoms with Crippen LogP contribution in [0, 0.1) is 11.3 Å². The van der Waals surface area contributed by atoms with Crippen LogP contribution in [0.5, 0.6) is 0 Å². The minimum Gasteiger partial charge on any atom is -0.469 e. The highest BCUT2D eigenvalue weighted by Gasteiger charge is 2.35. The SMILES string of the molecule is CN=C(NCCCCC(=O)OC)NCC1CCCOC1C(C)(C)C.I. The lowest BCUT2D eigenvalue weighted by Crippen LogP contribution is -2.47. The van der Waals surface area contributed by atoms with Crippen molar-refractivity contribution < 1.29 is 14.3 Å². The van der Waals surface area contributed by atoms with Gasteiger partial charge in [-0.05, 0) is 31.1 Å². The summed E-state index contributed by atoms with van der Waals surface area (Å²) < 4.78 is 10.7. The van der Waals surface area contributed by atoms with Crippen LogP contribution in [0.15, 0.2) is 4.99 Å². The maximum Gasteiger partial charge on any atom is 0.305 e. The molecule has 6 nitrogen and oxygen atoms in total. The molecule has 0 radical (unpaired) electrons. The fraction of sp³-hybridized carbons (Fsp3) is 0.889. The first-order valence-corrected chi connectivity index (χ1v) is 9.01. The van der Waals surface area contributed by atoms with Gasteiger partial charge < -0.3 is 20.1 Å². The molecule has 0 aliphatic carbocycles. The lowest BCUT2D eigenvalue weighted by atomic mass is 9.78. The van der Waals surface area contributed by atoms with E-state index in [0.29, 0.717) is 12.3 Å². The molecule has 1 rings (SSSR count). The molecule has 0 amide bonds. The molecule has 0 aromatic rings. The molecule has 148 valence electrons. The van der Waals surface area contributed by atoms with E-state index < -0.39 is 0 Å². The van der Waals surface area contributed by atoms with Crippen LogP contribution in [-0.4, -0.2) is 51.9 Å². The molecule has 1 aliphatic heterocycles. The zero-order valence-corrected chi connectivity index (χ0v) is 18.7. The zero-order valence-electron chi connectivity index (χ0n) is 16.4. The van der Waals surface area contributed by atoms with Gasteiger partial charge in [0.2, 0.25) is 0 Å². The Morgan fingerprint density at radius 3 is 2.60 bits per heavy atom. The molecular weight excluding hydrogens is 433 g/mol. The number of carbonyl (C=O) groups is 1. The van der Waals surface area contributed by atoms with Crippen molar-refractivity contribution in [1.29, 1.82) is 0 Å². The summed E-state index contributed by atoms with van der Waals surface area (Å²) >= 11 is 0. The minimum atomic E-state index is -0.150. The van der Waals surface area contributed by atoms with Crippen LogP contribution < -0.4 is 10.6 Å². The van der Waals surface area contributed by atoms with Gasteiger partial charge in [-0.15, -0.1) is 24.0 Å². The highest BCUT2D eigenvalue weighted by molar-refractivity contribution is 14.0. The van der Waals surface area contributed by atoms with Crippen molar-refractivity contribution in [3.05, 3.63) is 0 Å². The second-order valence-corrected chi connectivity index (χ2v) is 7.47. The zero-order chi connectivity index (χ0) is 18.0. The van der Waals surface area contributed by atoms with E-state index >= 15 is 0 Å². The number of nitrogens with zero attached hydrogens (tertiary/aromatic N) is 1. The quantitative estimate of drug-likeness (QED) is 0.197. The van der Waals surface area contributed by atoms with Gasteiger partial charge in [0.05, 0.1) is 13.2 Å². The normalized spacial score (nSPS) is 21.2. The Morgan fingerprint density at radius 1 is 1.28 bits per heavy atom. The maximum atomic E-state index is 11.1. The molecule has 1 aliphatic rings. The molecule has 2 atom stereocenters. The van der Waals surface area contributed by atoms with Crippen LogP contribution in [0.1, 0.15) is 52.9 Å². The average molecular weight is 469 g/mol. The first kappa shape index (κ1) is 24.4. The van der Waals surface area contributed by atoms with Gasteiger partial charge in [-0.2, -0.15) is 0 Å². The number of methoxy groups -OCH3 is 1. The van der Waals surface area contributed by atoms with Crippen LogP contribution in [0.2, 0.25) is 0 Å². The van der Waals surface area contributed by atoms with Crippen molar-refractivity contribution in [2.75, 3.05) is 33.9 Å². The highest BCUT2D eigenvalue weighted by atomic mass is 127. The van der Waals surface area contributed by atoms with E-state index in [1.165, 1.54) is 13.5 Å². The summed E-state index contributed by atoms with van der Waals surface area (Å²) in [4.78, 5) is 15.3. The van der Waals surface area contributed by atoms with Crippen molar-refractivity contribution in [3.8, 4) is 0 Å². The largest absolute Gasteiger partial charge is 0.469 e. The predicted molar refractivity (Wildman–Crippen MR) is 113 cm³/mol. The van der Waals surface area contributed by atoms with Gasteiger partial charge in [0.25, 0.3) is 0 Å². The molecule has 25 heavy (non-hydrogen) atoms. The maximum absolute atomic E-state index is 11.1. The fourth-order valence-corrected chi connectivity index (χ4v) is 3.16. The van der Waals surface area contributed by atoms with Crippen molar-refractivity contribution >= 4 is 35.9 Å². The summed E-state index contributed by atoms with van der Waals surface area (Å²) in [5.41, 5.74) is 0.150. The number of unbranched alkanes of at least 4 members (excludes halogenated alkanes) is 1. The van der Waals surface area contributed by atoms with Gasteiger partial charge >= 0.3 is 5.97 Å². The molecule has 7 heteroatoms. The van der Waals surface area contributed by atoms with Crippen LogP contribution in [0.4, 0.5) is 0 Å². The fourth-order valence-electron chi connectivity index (χ4n) is 3.16. The number of halogens is 1. The Morgan fingerprint density at radius 2 is 2.00 bits per heavy atom. The van der Waals surface area contributed by atoms with Gasteiger partial charge in [0, 0.05) is 39.1 Å². The number of rotatable bonds is 7. The lowest BCUT2D eigenvalue weighted by molar-refractivity contribution is -0.140. The van der Waals surface area contributed by atoms with Crippen molar-refractivity contribution in [1.82, 2.24) is 10.6 Å². The molecule has 2 unspecified atom stereocenters. The van der Waals surface area contributed by atoms with E-state index in [9.17, 15) is 4.79 Å².